The van der Waals surface area contributed by atoms with Crippen LogP contribution in [0, 0.1) is 0 Å². The average Bonchev–Trinajstić information content (AvgIpc) is 3.45. The first-order valence-electron chi connectivity index (χ1n) is 15.6. The number of aromatic nitrogens is 1. The van der Waals surface area contributed by atoms with Crippen molar-refractivity contribution in [3.05, 3.63) is 164 Å². The second kappa shape index (κ2) is 9.29. The van der Waals surface area contributed by atoms with Gasteiger partial charge in [0.15, 0.2) is 0 Å². The van der Waals surface area contributed by atoms with Crippen molar-refractivity contribution in [2.45, 2.75) is 0 Å². The van der Waals surface area contributed by atoms with Crippen molar-refractivity contribution in [1.82, 2.24) is 4.57 Å². The molecule has 0 aliphatic carbocycles. The molecule has 0 saturated heterocycles. The molecule has 0 amide bonds. The second-order valence-corrected chi connectivity index (χ2v) is 12.1. The Morgan fingerprint density at radius 1 is 0.311 bits per heavy atom. The summed E-state index contributed by atoms with van der Waals surface area (Å²) in [5.41, 5.74) is 8.67. The van der Waals surface area contributed by atoms with E-state index >= 15 is 0 Å². The summed E-state index contributed by atoms with van der Waals surface area (Å²) in [5.74, 6) is 0. The predicted octanol–water partition coefficient (Wildman–Crippen LogP) is 12.2. The fourth-order valence-electron chi connectivity index (χ4n) is 7.65. The highest BCUT2D eigenvalue weighted by atomic mass is 15.0. The first-order valence-corrected chi connectivity index (χ1v) is 15.6. The molecule has 0 bridgehead atoms. The molecule has 0 N–H and O–H groups in total. The van der Waals surface area contributed by atoms with E-state index in [1.54, 1.807) is 0 Å². The Kier molecular flexibility index (Phi) is 5.06. The largest absolute Gasteiger partial charge is 0.309 e. The van der Waals surface area contributed by atoms with E-state index in [1.165, 1.54) is 92.8 Å². The molecular formula is C44H27N. The zero-order chi connectivity index (χ0) is 29.5. The summed E-state index contributed by atoms with van der Waals surface area (Å²) in [5, 5.41) is 13.0. The van der Waals surface area contributed by atoms with Crippen LogP contribution in [0.25, 0.3) is 92.8 Å². The predicted molar refractivity (Wildman–Crippen MR) is 193 cm³/mol. The molecule has 1 nitrogen and oxygen atoms in total. The van der Waals surface area contributed by atoms with E-state index in [9.17, 15) is 0 Å². The van der Waals surface area contributed by atoms with Gasteiger partial charge in [0.25, 0.3) is 0 Å². The van der Waals surface area contributed by atoms with Crippen molar-refractivity contribution in [3.8, 4) is 27.9 Å². The molecule has 0 atom stereocenters. The van der Waals surface area contributed by atoms with Crippen molar-refractivity contribution in [2.75, 3.05) is 0 Å². The molecule has 10 rings (SSSR count). The van der Waals surface area contributed by atoms with Gasteiger partial charge in [-0.1, -0.05) is 133 Å². The zero-order valence-corrected chi connectivity index (χ0v) is 24.5. The SMILES string of the molecule is c1ccc2cc(-c3ccc4ccc5ccc(-c6ccc(-n7c8ccccc8c8ccccc87)cc6)c6ccc3c4c56)ccc2c1. The smallest absolute Gasteiger partial charge is 0.0541 e. The van der Waals surface area contributed by atoms with Crippen LogP contribution < -0.4 is 0 Å². The summed E-state index contributed by atoms with van der Waals surface area (Å²) >= 11 is 0. The molecule has 0 aliphatic rings. The number of rotatable bonds is 3. The van der Waals surface area contributed by atoms with E-state index in [-0.39, 0.29) is 0 Å². The van der Waals surface area contributed by atoms with E-state index in [4.69, 9.17) is 0 Å². The van der Waals surface area contributed by atoms with Gasteiger partial charge < -0.3 is 4.57 Å². The number of benzene rings is 9. The van der Waals surface area contributed by atoms with Crippen LogP contribution in [0.3, 0.4) is 0 Å². The van der Waals surface area contributed by atoms with Gasteiger partial charge in [0, 0.05) is 16.5 Å². The van der Waals surface area contributed by atoms with Crippen LogP contribution in [0.5, 0.6) is 0 Å². The summed E-state index contributed by atoms with van der Waals surface area (Å²) in [7, 11) is 0. The van der Waals surface area contributed by atoms with Gasteiger partial charge in [0.05, 0.1) is 11.0 Å². The van der Waals surface area contributed by atoms with Crippen LogP contribution in [-0.4, -0.2) is 4.57 Å². The fourth-order valence-corrected chi connectivity index (χ4v) is 7.65. The van der Waals surface area contributed by atoms with Crippen LogP contribution >= 0.6 is 0 Å². The van der Waals surface area contributed by atoms with Gasteiger partial charge in [-0.3, -0.25) is 0 Å². The van der Waals surface area contributed by atoms with Crippen molar-refractivity contribution in [1.29, 1.82) is 0 Å². The van der Waals surface area contributed by atoms with Gasteiger partial charge in [-0.25, -0.2) is 0 Å². The Labute approximate surface area is 260 Å². The van der Waals surface area contributed by atoms with Crippen molar-refractivity contribution >= 4 is 64.9 Å². The summed E-state index contributed by atoms with van der Waals surface area (Å²) in [6.07, 6.45) is 0. The monoisotopic (exact) mass is 569 g/mol. The highest BCUT2D eigenvalue weighted by molar-refractivity contribution is 6.27. The van der Waals surface area contributed by atoms with Gasteiger partial charge >= 0.3 is 0 Å². The number of fused-ring (bicyclic) bond motifs is 4. The molecule has 1 aromatic heterocycles. The van der Waals surface area contributed by atoms with Gasteiger partial charge in [0.2, 0.25) is 0 Å². The highest BCUT2D eigenvalue weighted by Gasteiger charge is 2.16. The molecule has 1 heteroatoms. The maximum atomic E-state index is 2.38. The van der Waals surface area contributed by atoms with E-state index in [1.807, 2.05) is 0 Å². The second-order valence-electron chi connectivity index (χ2n) is 12.1. The van der Waals surface area contributed by atoms with Crippen molar-refractivity contribution in [2.24, 2.45) is 0 Å². The normalized spacial score (nSPS) is 12.0. The lowest BCUT2D eigenvalue weighted by atomic mass is 9.87. The molecule has 0 aliphatic heterocycles. The Morgan fingerprint density at radius 3 is 1.44 bits per heavy atom. The Morgan fingerprint density at radius 2 is 0.800 bits per heavy atom. The number of nitrogens with zero attached hydrogens (tertiary/aromatic N) is 1. The maximum absolute atomic E-state index is 2.38. The molecule has 0 fully saturated rings. The quantitative estimate of drug-likeness (QED) is 0.187. The number of para-hydroxylation sites is 2. The first kappa shape index (κ1) is 24.5. The topological polar surface area (TPSA) is 4.93 Å². The van der Waals surface area contributed by atoms with Crippen molar-refractivity contribution in [3.63, 3.8) is 0 Å². The molecule has 1 heterocycles. The summed E-state index contributed by atoms with van der Waals surface area (Å²) in [4.78, 5) is 0. The molecule has 0 saturated carbocycles. The third kappa shape index (κ3) is 3.56. The lowest BCUT2D eigenvalue weighted by molar-refractivity contribution is 1.18. The summed E-state index contributed by atoms with van der Waals surface area (Å²) in [6.45, 7) is 0. The van der Waals surface area contributed by atoms with Gasteiger partial charge in [-0.2, -0.15) is 0 Å². The fraction of sp³-hybridized carbons (Fsp3) is 0. The number of hydrogen-bond donors (Lipinski definition) is 0. The summed E-state index contributed by atoms with van der Waals surface area (Å²) < 4.78 is 2.38. The Hall–Kier alpha value is -5.92. The zero-order valence-electron chi connectivity index (χ0n) is 24.5. The van der Waals surface area contributed by atoms with Gasteiger partial charge in [-0.05, 0) is 95.7 Å². The first-order chi connectivity index (χ1) is 22.3. The molecule has 45 heavy (non-hydrogen) atoms. The molecule has 0 radical (unpaired) electrons. The van der Waals surface area contributed by atoms with Gasteiger partial charge in [0.1, 0.15) is 0 Å². The van der Waals surface area contributed by atoms with Crippen molar-refractivity contribution < 1.29 is 0 Å². The van der Waals surface area contributed by atoms with Crippen LogP contribution in [0.1, 0.15) is 0 Å². The minimum Gasteiger partial charge on any atom is -0.309 e. The minimum atomic E-state index is 1.17. The van der Waals surface area contributed by atoms with E-state index in [0.717, 1.165) is 0 Å². The maximum Gasteiger partial charge on any atom is 0.0541 e. The molecule has 10 aromatic rings. The standard InChI is InChI=1S/C44H27N/c1-2-8-32-27-33(16-13-28(32)7-1)36-24-20-31-15-14-30-19-23-35(39-25-26-40(36)44(31)43(30)39)29-17-21-34(22-18-29)45-41-11-5-3-9-37(41)38-10-4-6-12-42(38)45/h1-27H. The lowest BCUT2D eigenvalue weighted by Gasteiger charge is -2.17. The molecule has 0 spiro atoms. The van der Waals surface area contributed by atoms with Crippen LogP contribution in [0.2, 0.25) is 0 Å². The molecule has 9 aromatic carbocycles. The molecule has 0 unspecified atom stereocenters. The summed E-state index contributed by atoms with van der Waals surface area (Å²) in [6, 6.07) is 60.3. The Bertz CT molecular complexity index is 2690. The van der Waals surface area contributed by atoms with Gasteiger partial charge in [-0.15, -0.1) is 0 Å². The van der Waals surface area contributed by atoms with E-state index in [0.29, 0.717) is 0 Å². The van der Waals surface area contributed by atoms with E-state index in [2.05, 4.69) is 168 Å². The van der Waals surface area contributed by atoms with E-state index < -0.39 is 0 Å². The van der Waals surface area contributed by atoms with Crippen LogP contribution in [-0.2, 0) is 0 Å². The highest BCUT2D eigenvalue weighted by Crippen LogP contribution is 2.43. The lowest BCUT2D eigenvalue weighted by Crippen LogP contribution is -1.94. The minimum absolute atomic E-state index is 1.17. The average molecular weight is 570 g/mol. The Balaban J connectivity index is 1.15. The molecular weight excluding hydrogens is 542 g/mol. The molecule has 208 valence electrons. The number of hydrogen-bond acceptors (Lipinski definition) is 0. The van der Waals surface area contributed by atoms with Crippen LogP contribution in [0.15, 0.2) is 164 Å². The third-order valence-corrected chi connectivity index (χ3v) is 9.74. The van der Waals surface area contributed by atoms with Crippen LogP contribution in [0.4, 0.5) is 0 Å². The third-order valence-electron chi connectivity index (χ3n) is 9.74.